The lowest BCUT2D eigenvalue weighted by Crippen LogP contribution is -2.45. The van der Waals surface area contributed by atoms with E-state index in [0.717, 1.165) is 30.3 Å². The number of hydrogen-bond acceptors (Lipinski definition) is 5. The zero-order chi connectivity index (χ0) is 31.7. The van der Waals surface area contributed by atoms with Crippen molar-refractivity contribution in [2.75, 3.05) is 18.9 Å². The average molecular weight is 614 g/mol. The molecule has 0 bridgehead atoms. The summed E-state index contributed by atoms with van der Waals surface area (Å²) in [5.74, 6) is -4.42. The van der Waals surface area contributed by atoms with E-state index in [9.17, 15) is 44.7 Å². The van der Waals surface area contributed by atoms with E-state index in [1.807, 2.05) is 0 Å². The molecule has 0 saturated heterocycles. The number of nitrogens with one attached hydrogen (secondary N) is 3. The van der Waals surface area contributed by atoms with Crippen LogP contribution in [-0.2, 0) is 0 Å². The number of pyridine rings is 1. The molecule has 1 atom stereocenters. The Balaban J connectivity index is 1.92. The van der Waals surface area contributed by atoms with E-state index in [2.05, 4.69) is 15.6 Å². The fraction of sp³-hybridized carbons (Fsp3) is 0.250. The number of nitrogens with zero attached hydrogens (tertiary/aromatic N) is 1. The summed E-state index contributed by atoms with van der Waals surface area (Å²) in [7, 11) is 1.30. The highest BCUT2D eigenvalue weighted by Gasteiger charge is 2.39. The van der Waals surface area contributed by atoms with Gasteiger partial charge in [-0.05, 0) is 54.4 Å². The smallest absolute Gasteiger partial charge is 0.408 e. The van der Waals surface area contributed by atoms with E-state index in [1.54, 1.807) is 5.32 Å². The third-order valence-corrected chi connectivity index (χ3v) is 6.33. The molecule has 2 amide bonds. The van der Waals surface area contributed by atoms with E-state index in [-0.39, 0.29) is 39.1 Å². The quantitative estimate of drug-likeness (QED) is 0.189. The molecule has 0 radical (unpaired) electrons. The number of benzene rings is 2. The normalized spacial score (nSPS) is 12.7. The van der Waals surface area contributed by atoms with Gasteiger partial charge in [-0.2, -0.15) is 31.3 Å². The number of carbonyl (C=O) groups excluding carboxylic acids is 2. The van der Waals surface area contributed by atoms with E-state index < -0.39 is 66.2 Å². The number of hydrogen-bond donors (Lipinski definition) is 3. The van der Waals surface area contributed by atoms with Crippen molar-refractivity contribution in [2.45, 2.75) is 31.7 Å². The largest absolute Gasteiger partial charge is 0.437 e. The van der Waals surface area contributed by atoms with E-state index >= 15 is 0 Å². The molecule has 1 unspecified atom stereocenters. The Morgan fingerprint density at radius 2 is 1.58 bits per heavy atom. The van der Waals surface area contributed by atoms with Gasteiger partial charge in [-0.15, -0.1) is 0 Å². The Bertz CT molecular complexity index is 1660. The Morgan fingerprint density at radius 3 is 2.16 bits per heavy atom. The lowest BCUT2D eigenvalue weighted by atomic mass is 9.99. The van der Waals surface area contributed by atoms with Gasteiger partial charge in [0.2, 0.25) is 5.71 Å². The van der Waals surface area contributed by atoms with Crippen LogP contribution in [-0.4, -0.2) is 48.8 Å². The standard InChI is InChI=1S/C28H22F8N4O3/c1-3-20(28(34,35)36)39-24(41)17-10-14(6-9-19(17)30)16-11-18-21(25(42)37-2)22(13-4-7-15(29)8-5-13)43-26(18)40-23(16)38-12-27(31,32)33/h4-11,20H,3,12H2,1-2H3,(H,37,42)(H,38,40)(H,39,41). The number of halogens is 8. The summed E-state index contributed by atoms with van der Waals surface area (Å²) >= 11 is 0. The third kappa shape index (κ3) is 6.87. The van der Waals surface area contributed by atoms with Crippen LogP contribution < -0.4 is 16.0 Å². The number of fused-ring (bicyclic) bond motifs is 1. The Morgan fingerprint density at radius 1 is 0.930 bits per heavy atom. The highest BCUT2D eigenvalue weighted by atomic mass is 19.4. The van der Waals surface area contributed by atoms with Gasteiger partial charge in [0.1, 0.15) is 35.8 Å². The van der Waals surface area contributed by atoms with Gasteiger partial charge in [-0.1, -0.05) is 13.0 Å². The minimum absolute atomic E-state index is 0.00956. The molecule has 4 rings (SSSR count). The van der Waals surface area contributed by atoms with E-state index in [4.69, 9.17) is 4.42 Å². The Hall–Kier alpha value is -4.69. The SMILES string of the molecule is CCC(NC(=O)c1cc(-c2cc3c(C(=O)NC)c(-c4ccc(F)cc4)oc3nc2NCC(F)(F)F)ccc1F)C(F)(F)F. The average Bonchev–Trinajstić information content (AvgIpc) is 3.31. The highest BCUT2D eigenvalue weighted by Crippen LogP contribution is 2.38. The van der Waals surface area contributed by atoms with Gasteiger partial charge in [0.25, 0.3) is 11.8 Å². The predicted octanol–water partition coefficient (Wildman–Crippen LogP) is 6.84. The van der Waals surface area contributed by atoms with Crippen LogP contribution in [0.5, 0.6) is 0 Å². The number of aromatic nitrogens is 1. The summed E-state index contributed by atoms with van der Waals surface area (Å²) in [4.78, 5) is 29.7. The number of alkyl halides is 6. The van der Waals surface area contributed by atoms with Gasteiger partial charge in [0.15, 0.2) is 0 Å². The first kappa shape index (κ1) is 31.3. The molecule has 2 heterocycles. The van der Waals surface area contributed by atoms with Gasteiger partial charge in [0.05, 0.1) is 16.5 Å². The van der Waals surface area contributed by atoms with Crippen LogP contribution >= 0.6 is 0 Å². The van der Waals surface area contributed by atoms with Crippen LogP contribution in [0.4, 0.5) is 40.9 Å². The molecule has 0 aliphatic carbocycles. The molecule has 15 heteroatoms. The maximum absolute atomic E-state index is 14.7. The molecule has 0 aliphatic heterocycles. The van der Waals surface area contributed by atoms with Crippen molar-refractivity contribution in [3.05, 3.63) is 71.3 Å². The summed E-state index contributed by atoms with van der Waals surface area (Å²) in [5, 5.41) is 6.21. The fourth-order valence-electron chi connectivity index (χ4n) is 4.24. The minimum Gasteiger partial charge on any atom is -0.437 e. The molecule has 0 aliphatic rings. The van der Waals surface area contributed by atoms with Crippen molar-refractivity contribution < 1.29 is 49.1 Å². The zero-order valence-corrected chi connectivity index (χ0v) is 22.3. The zero-order valence-electron chi connectivity index (χ0n) is 22.3. The monoisotopic (exact) mass is 614 g/mol. The molecule has 0 spiro atoms. The van der Waals surface area contributed by atoms with Crippen LogP contribution in [0.25, 0.3) is 33.6 Å². The molecule has 228 valence electrons. The summed E-state index contributed by atoms with van der Waals surface area (Å²) < 4.78 is 113. The lowest BCUT2D eigenvalue weighted by Gasteiger charge is -2.20. The molecule has 43 heavy (non-hydrogen) atoms. The third-order valence-electron chi connectivity index (χ3n) is 6.33. The molecule has 2 aromatic carbocycles. The van der Waals surface area contributed by atoms with Crippen LogP contribution in [0.3, 0.4) is 0 Å². The van der Waals surface area contributed by atoms with Crippen molar-refractivity contribution in [1.29, 1.82) is 0 Å². The molecule has 0 saturated carbocycles. The molecular weight excluding hydrogens is 592 g/mol. The topological polar surface area (TPSA) is 96.3 Å². The van der Waals surface area contributed by atoms with Gasteiger partial charge in [0, 0.05) is 18.2 Å². The fourth-order valence-corrected chi connectivity index (χ4v) is 4.24. The predicted molar refractivity (Wildman–Crippen MR) is 140 cm³/mol. The van der Waals surface area contributed by atoms with Gasteiger partial charge in [-0.25, -0.2) is 8.78 Å². The molecule has 3 N–H and O–H groups in total. The lowest BCUT2D eigenvalue weighted by molar-refractivity contribution is -0.153. The number of amides is 2. The van der Waals surface area contributed by atoms with Crippen molar-refractivity contribution >= 4 is 28.7 Å². The second-order valence-electron chi connectivity index (χ2n) is 9.27. The summed E-state index contributed by atoms with van der Waals surface area (Å²) in [6.07, 6.45) is -10.1. The first-order chi connectivity index (χ1) is 20.1. The number of rotatable bonds is 8. The van der Waals surface area contributed by atoms with Crippen molar-refractivity contribution in [2.24, 2.45) is 0 Å². The summed E-state index contributed by atoms with van der Waals surface area (Å²) in [5.41, 5.74) is -1.25. The van der Waals surface area contributed by atoms with Gasteiger partial charge in [-0.3, -0.25) is 9.59 Å². The van der Waals surface area contributed by atoms with Crippen molar-refractivity contribution in [3.8, 4) is 22.5 Å². The molecule has 7 nitrogen and oxygen atoms in total. The van der Waals surface area contributed by atoms with Gasteiger partial charge < -0.3 is 20.4 Å². The number of carbonyl (C=O) groups is 2. The number of furan rings is 1. The van der Waals surface area contributed by atoms with Crippen LogP contribution in [0.2, 0.25) is 0 Å². The Kier molecular flexibility index (Phi) is 8.64. The van der Waals surface area contributed by atoms with E-state index in [1.165, 1.54) is 32.2 Å². The first-order valence-electron chi connectivity index (χ1n) is 12.6. The van der Waals surface area contributed by atoms with Crippen molar-refractivity contribution in [1.82, 2.24) is 15.6 Å². The van der Waals surface area contributed by atoms with Gasteiger partial charge >= 0.3 is 12.4 Å². The van der Waals surface area contributed by atoms with Crippen LogP contribution in [0.15, 0.2) is 52.9 Å². The molecular formula is C28H22F8N4O3. The van der Waals surface area contributed by atoms with Crippen molar-refractivity contribution in [3.63, 3.8) is 0 Å². The molecule has 2 aromatic heterocycles. The highest BCUT2D eigenvalue weighted by molar-refractivity contribution is 6.11. The number of anilines is 1. The minimum atomic E-state index is -4.82. The first-order valence-corrected chi connectivity index (χ1v) is 12.6. The second-order valence-corrected chi connectivity index (χ2v) is 9.27. The Labute approximate surface area is 238 Å². The van der Waals surface area contributed by atoms with E-state index in [0.29, 0.717) is 0 Å². The van der Waals surface area contributed by atoms with Crippen LogP contribution in [0, 0.1) is 11.6 Å². The molecule has 0 fully saturated rings. The molecule has 4 aromatic rings. The maximum Gasteiger partial charge on any atom is 0.408 e. The maximum atomic E-state index is 14.7. The van der Waals surface area contributed by atoms with Crippen LogP contribution in [0.1, 0.15) is 34.1 Å². The summed E-state index contributed by atoms with van der Waals surface area (Å²) in [6, 6.07) is 6.42. The second kappa shape index (κ2) is 11.9. The summed E-state index contributed by atoms with van der Waals surface area (Å²) in [6.45, 7) is -0.412.